The average Bonchev–Trinajstić information content (AvgIpc) is 2.74. The van der Waals surface area contributed by atoms with Gasteiger partial charge in [-0.05, 0) is 49.2 Å². The molecule has 4 rings (SSSR count). The Kier molecular flexibility index (Phi) is 5.75. The fraction of sp³-hybridized carbons (Fsp3) is 0.227. The number of amides is 2. The fourth-order valence-corrected chi connectivity index (χ4v) is 3.36. The van der Waals surface area contributed by atoms with Crippen molar-refractivity contribution in [3.63, 3.8) is 0 Å². The minimum Gasteiger partial charge on any atom is -0.382 e. The summed E-state index contributed by atoms with van der Waals surface area (Å²) in [6.07, 6.45) is 0.322. The predicted molar refractivity (Wildman–Crippen MR) is 113 cm³/mol. The minimum atomic E-state index is -4.45. The number of carbonyl (C=O) groups is 1. The highest BCUT2D eigenvalue weighted by Gasteiger charge is 2.30. The van der Waals surface area contributed by atoms with E-state index in [0.29, 0.717) is 35.0 Å². The number of pyridine rings is 2. The van der Waals surface area contributed by atoms with Gasteiger partial charge >= 0.3 is 12.2 Å². The number of benzene rings is 1. The number of aromatic nitrogens is 2. The van der Waals surface area contributed by atoms with Gasteiger partial charge in [0.05, 0.1) is 16.9 Å². The van der Waals surface area contributed by atoms with E-state index in [4.69, 9.17) is 0 Å². The van der Waals surface area contributed by atoms with Crippen molar-refractivity contribution in [1.82, 2.24) is 9.97 Å². The lowest BCUT2D eigenvalue weighted by Crippen LogP contribution is -2.38. The summed E-state index contributed by atoms with van der Waals surface area (Å²) in [6, 6.07) is 11.4. The van der Waals surface area contributed by atoms with E-state index >= 15 is 0 Å². The maximum Gasteiger partial charge on any atom is 0.416 e. The number of nitrogens with one attached hydrogen (secondary N) is 2. The topological polar surface area (TPSA) is 70.2 Å². The summed E-state index contributed by atoms with van der Waals surface area (Å²) in [5.74, 6) is 0.376. The van der Waals surface area contributed by atoms with E-state index in [1.165, 1.54) is 11.0 Å². The molecule has 2 amide bonds. The second-order valence-electron chi connectivity index (χ2n) is 7.10. The molecule has 0 spiro atoms. The first-order chi connectivity index (χ1) is 14.9. The van der Waals surface area contributed by atoms with E-state index in [-0.39, 0.29) is 6.03 Å². The van der Waals surface area contributed by atoms with Gasteiger partial charge in [0.25, 0.3) is 0 Å². The summed E-state index contributed by atoms with van der Waals surface area (Å²) in [7, 11) is 0. The monoisotopic (exact) mass is 427 g/mol. The third kappa shape index (κ3) is 4.76. The van der Waals surface area contributed by atoms with Crippen molar-refractivity contribution >= 4 is 23.2 Å². The third-order valence-corrected chi connectivity index (χ3v) is 4.92. The number of alkyl halides is 3. The lowest BCUT2D eigenvalue weighted by atomic mass is 10.1. The molecule has 0 fully saturated rings. The molecule has 0 radical (unpaired) electrons. The van der Waals surface area contributed by atoms with Gasteiger partial charge in [-0.15, -0.1) is 0 Å². The van der Waals surface area contributed by atoms with Gasteiger partial charge < -0.3 is 10.6 Å². The van der Waals surface area contributed by atoms with Gasteiger partial charge in [0.15, 0.2) is 5.82 Å². The molecule has 6 nitrogen and oxygen atoms in total. The first kappa shape index (κ1) is 20.6. The zero-order chi connectivity index (χ0) is 21.8. The molecule has 2 N–H and O–H groups in total. The first-order valence-electron chi connectivity index (χ1n) is 9.83. The Morgan fingerprint density at radius 3 is 2.65 bits per heavy atom. The van der Waals surface area contributed by atoms with E-state index in [0.717, 1.165) is 31.5 Å². The summed E-state index contributed by atoms with van der Waals surface area (Å²) in [5, 5.41) is 6.07. The highest BCUT2D eigenvalue weighted by Crippen LogP contribution is 2.34. The largest absolute Gasteiger partial charge is 0.416 e. The van der Waals surface area contributed by atoms with Crippen molar-refractivity contribution in [2.45, 2.75) is 19.0 Å². The maximum atomic E-state index is 13.1. The van der Waals surface area contributed by atoms with Crippen LogP contribution >= 0.6 is 0 Å². The molecule has 0 unspecified atom stereocenters. The number of carbonyl (C=O) groups excluding carboxylic acids is 1. The van der Waals surface area contributed by atoms with Crippen LogP contribution in [0, 0.1) is 0 Å². The van der Waals surface area contributed by atoms with Crippen LogP contribution in [0.2, 0.25) is 0 Å². The molecule has 31 heavy (non-hydrogen) atoms. The van der Waals surface area contributed by atoms with Crippen LogP contribution in [0.4, 0.5) is 35.2 Å². The van der Waals surface area contributed by atoms with E-state index in [2.05, 4.69) is 20.6 Å². The number of hydrogen-bond acceptors (Lipinski definition) is 4. The quantitative estimate of drug-likeness (QED) is 0.574. The second kappa shape index (κ2) is 8.63. The second-order valence-corrected chi connectivity index (χ2v) is 7.10. The standard InChI is InChI=1S/C22H20F3N5O/c23-22(24,25)16-5-3-4-15(14-16)18-6-7-19-20(29-18)30(13-2-1-10-27-19)21(31)28-17-8-11-26-12-9-17/h3-9,11-12,14,27H,1-2,10,13H2,(H,26,28,31). The molecule has 0 atom stereocenters. The number of urea groups is 1. The molecule has 0 saturated carbocycles. The number of nitrogens with zero attached hydrogens (tertiary/aromatic N) is 3. The van der Waals surface area contributed by atoms with E-state index < -0.39 is 11.7 Å². The van der Waals surface area contributed by atoms with Crippen LogP contribution in [-0.2, 0) is 6.18 Å². The Bertz CT molecular complexity index is 1070. The summed E-state index contributed by atoms with van der Waals surface area (Å²) in [5.41, 5.74) is 1.18. The summed E-state index contributed by atoms with van der Waals surface area (Å²) >= 11 is 0. The molecule has 0 bridgehead atoms. The molecule has 0 saturated heterocycles. The summed E-state index contributed by atoms with van der Waals surface area (Å²) < 4.78 is 39.4. The Balaban J connectivity index is 1.71. The number of halogens is 3. The Morgan fingerprint density at radius 1 is 1.06 bits per heavy atom. The van der Waals surface area contributed by atoms with E-state index in [1.807, 2.05) is 0 Å². The SMILES string of the molecule is O=C(Nc1ccncc1)N1CCCCNc2ccc(-c3cccc(C(F)(F)F)c3)nc21. The lowest BCUT2D eigenvalue weighted by molar-refractivity contribution is -0.137. The van der Waals surface area contributed by atoms with Gasteiger partial charge in [0.1, 0.15) is 0 Å². The van der Waals surface area contributed by atoms with Crippen LogP contribution in [-0.4, -0.2) is 29.1 Å². The Morgan fingerprint density at radius 2 is 1.87 bits per heavy atom. The molecule has 1 aliphatic heterocycles. The fourth-order valence-electron chi connectivity index (χ4n) is 3.36. The lowest BCUT2D eigenvalue weighted by Gasteiger charge is -2.27. The van der Waals surface area contributed by atoms with Gasteiger partial charge in [0.2, 0.25) is 0 Å². The van der Waals surface area contributed by atoms with Crippen LogP contribution in [0.5, 0.6) is 0 Å². The summed E-state index contributed by atoms with van der Waals surface area (Å²) in [6.45, 7) is 1.15. The van der Waals surface area contributed by atoms with E-state index in [9.17, 15) is 18.0 Å². The van der Waals surface area contributed by atoms with Gasteiger partial charge in [0, 0.05) is 36.7 Å². The van der Waals surface area contributed by atoms with Gasteiger partial charge in [-0.3, -0.25) is 9.88 Å². The third-order valence-electron chi connectivity index (χ3n) is 4.92. The maximum absolute atomic E-state index is 13.1. The highest BCUT2D eigenvalue weighted by atomic mass is 19.4. The highest BCUT2D eigenvalue weighted by molar-refractivity contribution is 6.03. The summed E-state index contributed by atoms with van der Waals surface area (Å²) in [4.78, 5) is 23.0. The zero-order valence-electron chi connectivity index (χ0n) is 16.5. The molecule has 1 aromatic carbocycles. The van der Waals surface area contributed by atoms with Crippen LogP contribution in [0.1, 0.15) is 18.4 Å². The molecular weight excluding hydrogens is 407 g/mol. The molecule has 2 aromatic heterocycles. The van der Waals surface area contributed by atoms with Gasteiger partial charge in [-0.2, -0.15) is 13.2 Å². The van der Waals surface area contributed by atoms with Crippen LogP contribution < -0.4 is 15.5 Å². The predicted octanol–water partition coefficient (Wildman–Crippen LogP) is 5.41. The van der Waals surface area contributed by atoms with Crippen molar-refractivity contribution in [3.05, 3.63) is 66.5 Å². The number of fused-ring (bicyclic) bond motifs is 1. The molecule has 1 aliphatic rings. The molecule has 9 heteroatoms. The Hall–Kier alpha value is -3.62. The van der Waals surface area contributed by atoms with Gasteiger partial charge in [-0.25, -0.2) is 9.78 Å². The first-order valence-corrected chi connectivity index (χ1v) is 9.83. The molecular formula is C22H20F3N5O. The van der Waals surface area contributed by atoms with Crippen LogP contribution in [0.25, 0.3) is 11.3 Å². The molecule has 0 aliphatic carbocycles. The van der Waals surface area contributed by atoms with Crippen LogP contribution in [0.3, 0.4) is 0 Å². The van der Waals surface area contributed by atoms with Crippen molar-refractivity contribution in [2.75, 3.05) is 28.6 Å². The average molecular weight is 427 g/mol. The van der Waals surface area contributed by atoms with Crippen molar-refractivity contribution in [3.8, 4) is 11.3 Å². The molecule has 3 heterocycles. The smallest absolute Gasteiger partial charge is 0.382 e. The zero-order valence-corrected chi connectivity index (χ0v) is 16.5. The van der Waals surface area contributed by atoms with Crippen molar-refractivity contribution < 1.29 is 18.0 Å². The van der Waals surface area contributed by atoms with Gasteiger partial charge in [-0.1, -0.05) is 12.1 Å². The number of anilines is 3. The van der Waals surface area contributed by atoms with Crippen molar-refractivity contribution in [2.24, 2.45) is 0 Å². The van der Waals surface area contributed by atoms with Crippen LogP contribution in [0.15, 0.2) is 60.9 Å². The number of hydrogen-bond donors (Lipinski definition) is 2. The minimum absolute atomic E-state index is 0.328. The molecule has 3 aromatic rings. The van der Waals surface area contributed by atoms with Crippen molar-refractivity contribution in [1.29, 1.82) is 0 Å². The number of rotatable bonds is 2. The Labute approximate surface area is 177 Å². The van der Waals surface area contributed by atoms with E-state index in [1.54, 1.807) is 42.7 Å². The normalized spacial score (nSPS) is 14.1. The molecule has 160 valence electrons.